The highest BCUT2D eigenvalue weighted by Crippen LogP contribution is 2.29. The second-order valence-electron chi connectivity index (χ2n) is 11.5. The molecule has 42 heavy (non-hydrogen) atoms. The van der Waals surface area contributed by atoms with Gasteiger partial charge in [-0.15, -0.1) is 0 Å². The molecule has 1 amide bonds. The van der Waals surface area contributed by atoms with Gasteiger partial charge in [-0.05, 0) is 25.0 Å². The summed E-state index contributed by atoms with van der Waals surface area (Å²) >= 11 is 0. The molecule has 7 rings (SSSR count). The number of nitrogens with zero attached hydrogens (tertiary/aromatic N) is 8. The minimum atomic E-state index is -0.266. The third-order valence-electron chi connectivity index (χ3n) is 8.92. The van der Waals surface area contributed by atoms with Crippen molar-refractivity contribution in [2.24, 2.45) is 7.05 Å². The fraction of sp³-hybridized carbons (Fsp3) is 0.533. The molecule has 3 aromatic heterocycles. The molecule has 1 saturated carbocycles. The molecule has 5 heterocycles. The number of hydrogen-bond donors (Lipinski definition) is 1. The zero-order chi connectivity index (χ0) is 28.8. The summed E-state index contributed by atoms with van der Waals surface area (Å²) in [6, 6.07) is 8.35. The van der Waals surface area contributed by atoms with Crippen molar-refractivity contribution >= 4 is 33.9 Å². The Hall–Kier alpha value is -3.74. The topological polar surface area (TPSA) is 123 Å². The number of imidazole rings is 2. The average molecular weight is 572 g/mol. The number of rotatable bonds is 6. The fourth-order valence-corrected chi connectivity index (χ4v) is 6.52. The van der Waals surface area contributed by atoms with Gasteiger partial charge in [-0.1, -0.05) is 19.1 Å². The highest BCUT2D eigenvalue weighted by molar-refractivity contribution is 5.81. The summed E-state index contributed by atoms with van der Waals surface area (Å²) in [5.74, 6) is 2.62. The molecule has 0 spiro atoms. The van der Waals surface area contributed by atoms with Gasteiger partial charge in [0, 0.05) is 58.5 Å². The number of aromatic nitrogens is 6. The molecule has 12 nitrogen and oxygen atoms in total. The lowest BCUT2D eigenvalue weighted by Gasteiger charge is -2.39. The monoisotopic (exact) mass is 571 g/mol. The maximum Gasteiger partial charge on any atom is 0.238 e. The summed E-state index contributed by atoms with van der Waals surface area (Å²) in [7, 11) is 1.96. The van der Waals surface area contributed by atoms with Gasteiger partial charge in [0.05, 0.1) is 30.7 Å². The molecule has 12 heteroatoms. The Morgan fingerprint density at radius 2 is 1.86 bits per heavy atom. The molecule has 2 aliphatic heterocycles. The van der Waals surface area contributed by atoms with E-state index in [1.54, 1.807) is 0 Å². The van der Waals surface area contributed by atoms with Crippen LogP contribution in [-0.2, 0) is 34.3 Å². The number of para-hydroxylation sites is 2. The van der Waals surface area contributed by atoms with E-state index in [4.69, 9.17) is 24.7 Å². The Kier molecular flexibility index (Phi) is 7.20. The van der Waals surface area contributed by atoms with E-state index in [-0.39, 0.29) is 12.0 Å². The molecule has 220 valence electrons. The van der Waals surface area contributed by atoms with Crippen LogP contribution in [0.2, 0.25) is 0 Å². The van der Waals surface area contributed by atoms with Gasteiger partial charge >= 0.3 is 0 Å². The summed E-state index contributed by atoms with van der Waals surface area (Å²) in [6.07, 6.45) is 3.42. The molecule has 1 N–H and O–H groups in total. The van der Waals surface area contributed by atoms with Crippen LogP contribution >= 0.6 is 0 Å². The van der Waals surface area contributed by atoms with Crippen molar-refractivity contribution in [3.63, 3.8) is 0 Å². The number of hydrogen-bond acceptors (Lipinski definition) is 9. The Morgan fingerprint density at radius 1 is 1.02 bits per heavy atom. The van der Waals surface area contributed by atoms with Crippen molar-refractivity contribution in [1.29, 1.82) is 0 Å². The van der Waals surface area contributed by atoms with Gasteiger partial charge in [0.1, 0.15) is 34.7 Å². The van der Waals surface area contributed by atoms with Crippen molar-refractivity contribution in [2.75, 3.05) is 39.3 Å². The molecule has 3 fully saturated rings. The van der Waals surface area contributed by atoms with Crippen LogP contribution in [0.4, 0.5) is 0 Å². The smallest absolute Gasteiger partial charge is 0.238 e. The molecular formula is C30H37N9O3. The highest BCUT2D eigenvalue weighted by Gasteiger charge is 2.32. The summed E-state index contributed by atoms with van der Waals surface area (Å²) in [4.78, 5) is 49.1. The van der Waals surface area contributed by atoms with Crippen LogP contribution in [0.15, 0.2) is 24.3 Å². The fourth-order valence-electron chi connectivity index (χ4n) is 6.52. The Balaban J connectivity index is 1.23. The number of fused-ring (bicyclic) bond motifs is 2. The Labute approximate surface area is 244 Å². The van der Waals surface area contributed by atoms with Crippen LogP contribution < -0.4 is 5.32 Å². The molecule has 1 aromatic carbocycles. The molecule has 0 radical (unpaired) electrons. The molecule has 2 saturated heterocycles. The van der Waals surface area contributed by atoms with Crippen molar-refractivity contribution in [3.8, 4) is 5.95 Å². The Bertz CT molecular complexity index is 1640. The summed E-state index contributed by atoms with van der Waals surface area (Å²) < 4.78 is 10.2. The number of aryl methyl sites for hydroxylation is 2. The molecule has 3 aliphatic rings. The summed E-state index contributed by atoms with van der Waals surface area (Å²) in [6.45, 7) is 6.32. The van der Waals surface area contributed by atoms with E-state index in [1.807, 2.05) is 45.3 Å². The van der Waals surface area contributed by atoms with Crippen LogP contribution in [0.5, 0.6) is 0 Å². The molecule has 0 bridgehead atoms. The van der Waals surface area contributed by atoms with Gasteiger partial charge in [-0.3, -0.25) is 19.1 Å². The van der Waals surface area contributed by atoms with E-state index >= 15 is 0 Å². The number of ether oxygens (including phenoxy) is 1. The lowest BCUT2D eigenvalue weighted by Crippen LogP contribution is -2.54. The number of carbonyl (C=O) groups is 2. The predicted octanol–water partition coefficient (Wildman–Crippen LogP) is 2.08. The second-order valence-corrected chi connectivity index (χ2v) is 11.5. The third kappa shape index (κ3) is 4.87. The zero-order valence-electron chi connectivity index (χ0n) is 24.3. The maximum atomic E-state index is 13.3. The number of benzene rings is 1. The standard InChI is InChI=1S/C30H37N9O3/c1-3-24-32-21-6-4-5-7-22(21)39(24)30-34-27(23-16-31-12-15-42-23)28-29(35-30)36(2)25(33-28)17-38-14-13-37(18-26(38)41)19-8-10-20(40)11-9-19/h4-7,19,23,31H,3,8-18H2,1-2H3. The van der Waals surface area contributed by atoms with Crippen molar-refractivity contribution < 1.29 is 14.3 Å². The van der Waals surface area contributed by atoms with E-state index in [2.05, 4.69) is 17.1 Å². The van der Waals surface area contributed by atoms with Gasteiger partial charge < -0.3 is 19.5 Å². The summed E-state index contributed by atoms with van der Waals surface area (Å²) in [5, 5.41) is 3.42. The number of amides is 1. The van der Waals surface area contributed by atoms with Crippen molar-refractivity contribution in [2.45, 2.75) is 57.7 Å². The molecular weight excluding hydrogens is 534 g/mol. The third-order valence-corrected chi connectivity index (χ3v) is 8.92. The normalized spacial score (nSPS) is 21.2. The minimum Gasteiger partial charge on any atom is -0.369 e. The largest absolute Gasteiger partial charge is 0.369 e. The number of nitrogens with one attached hydrogen (secondary N) is 1. The first kappa shape index (κ1) is 27.1. The Morgan fingerprint density at radius 3 is 2.62 bits per heavy atom. The lowest BCUT2D eigenvalue weighted by molar-refractivity contribution is -0.138. The van der Waals surface area contributed by atoms with Gasteiger partial charge in [-0.2, -0.15) is 4.98 Å². The average Bonchev–Trinajstić information content (AvgIpc) is 3.55. The quantitative estimate of drug-likeness (QED) is 0.371. The number of carbonyl (C=O) groups excluding carboxylic acids is 2. The first-order valence-corrected chi connectivity index (χ1v) is 15.1. The number of piperazine rings is 1. The van der Waals surface area contributed by atoms with Crippen molar-refractivity contribution in [3.05, 3.63) is 41.6 Å². The van der Waals surface area contributed by atoms with Crippen LogP contribution in [0.25, 0.3) is 28.1 Å². The van der Waals surface area contributed by atoms with Gasteiger partial charge in [0.25, 0.3) is 0 Å². The van der Waals surface area contributed by atoms with Crippen LogP contribution in [-0.4, -0.2) is 95.9 Å². The van der Waals surface area contributed by atoms with E-state index in [1.165, 1.54) is 0 Å². The van der Waals surface area contributed by atoms with E-state index in [0.29, 0.717) is 74.6 Å². The van der Waals surface area contributed by atoms with Crippen LogP contribution in [0, 0.1) is 0 Å². The molecule has 1 unspecified atom stereocenters. The molecule has 4 aromatic rings. The van der Waals surface area contributed by atoms with Crippen LogP contribution in [0.1, 0.15) is 56.1 Å². The van der Waals surface area contributed by atoms with E-state index in [9.17, 15) is 9.59 Å². The lowest BCUT2D eigenvalue weighted by atomic mass is 9.93. The summed E-state index contributed by atoms with van der Waals surface area (Å²) in [5.41, 5.74) is 4.00. The number of morpholine rings is 1. The van der Waals surface area contributed by atoms with Gasteiger partial charge in [0.15, 0.2) is 5.65 Å². The van der Waals surface area contributed by atoms with Crippen LogP contribution in [0.3, 0.4) is 0 Å². The van der Waals surface area contributed by atoms with Gasteiger partial charge in [-0.25, -0.2) is 15.0 Å². The van der Waals surface area contributed by atoms with E-state index < -0.39 is 0 Å². The predicted molar refractivity (Wildman–Crippen MR) is 156 cm³/mol. The maximum absolute atomic E-state index is 13.3. The van der Waals surface area contributed by atoms with Crippen molar-refractivity contribution in [1.82, 2.24) is 44.2 Å². The highest BCUT2D eigenvalue weighted by atomic mass is 16.5. The first-order chi connectivity index (χ1) is 20.5. The molecule has 1 aliphatic carbocycles. The second kappa shape index (κ2) is 11.2. The number of Topliss-reactive ketones (excluding diaryl/α,β-unsaturated/α-hetero) is 1. The number of ketones is 1. The SMILES string of the molecule is CCc1nc2ccccc2n1-c1nc(C2CNCCO2)c2nc(CN3CCN(C4CCC(=O)CC4)CC3=O)n(C)c2n1. The first-order valence-electron chi connectivity index (χ1n) is 15.1. The minimum absolute atomic E-state index is 0.0921. The molecule has 1 atom stereocenters. The van der Waals surface area contributed by atoms with E-state index in [0.717, 1.165) is 60.7 Å². The van der Waals surface area contributed by atoms with Gasteiger partial charge in [0.2, 0.25) is 11.9 Å². The zero-order valence-corrected chi connectivity index (χ0v) is 24.3.